The lowest BCUT2D eigenvalue weighted by Crippen LogP contribution is -2.43. The Bertz CT molecular complexity index is 2050. The number of rotatable bonds is 19. The van der Waals surface area contributed by atoms with Crippen molar-refractivity contribution in [1.29, 1.82) is 0 Å². The van der Waals surface area contributed by atoms with Crippen LogP contribution in [-0.4, -0.2) is 52.3 Å². The zero-order valence-electron chi connectivity index (χ0n) is 31.0. The smallest absolute Gasteiger partial charge is 0.329 e. The predicted molar refractivity (Wildman–Crippen MR) is 222 cm³/mol. The summed E-state index contributed by atoms with van der Waals surface area (Å²) < 4.78 is 17.7. The Labute approximate surface area is 339 Å². The van der Waals surface area contributed by atoms with E-state index in [-0.39, 0.29) is 42.1 Å². The highest BCUT2D eigenvalue weighted by Gasteiger charge is 2.27. The number of amides is 2. The minimum absolute atomic E-state index is 0.170. The van der Waals surface area contributed by atoms with E-state index in [9.17, 15) is 19.2 Å². The van der Waals surface area contributed by atoms with Crippen molar-refractivity contribution in [1.82, 2.24) is 15.6 Å². The van der Waals surface area contributed by atoms with Crippen molar-refractivity contribution in [2.75, 3.05) is 11.5 Å². The summed E-state index contributed by atoms with van der Waals surface area (Å²) in [5, 5.41) is 5.65. The topological polar surface area (TPSA) is 137 Å². The van der Waals surface area contributed by atoms with Gasteiger partial charge in [0.05, 0.1) is 0 Å². The molecule has 5 aromatic carbocycles. The number of nitrogens with one attached hydrogen (secondary N) is 2. The molecule has 2 amide bonds. The highest BCUT2D eigenvalue weighted by Crippen LogP contribution is 2.24. The van der Waals surface area contributed by atoms with E-state index in [0.29, 0.717) is 28.2 Å². The first-order valence-electron chi connectivity index (χ1n) is 18.3. The van der Waals surface area contributed by atoms with Gasteiger partial charge in [0.2, 0.25) is 5.89 Å². The van der Waals surface area contributed by atoms with E-state index in [4.69, 9.17) is 13.9 Å². The van der Waals surface area contributed by atoms with E-state index in [1.165, 1.54) is 23.5 Å². The van der Waals surface area contributed by atoms with Gasteiger partial charge in [-0.05, 0) is 47.5 Å². The second-order valence-corrected chi connectivity index (χ2v) is 14.8. The number of oxazole rings is 1. The van der Waals surface area contributed by atoms with Gasteiger partial charge in [-0.2, -0.15) is 23.5 Å². The molecule has 0 spiro atoms. The first-order chi connectivity index (χ1) is 27.9. The normalized spacial score (nSPS) is 11.9. The lowest BCUT2D eigenvalue weighted by Gasteiger charge is -2.18. The fraction of sp³-hybridized carbons (Fsp3) is 0.178. The van der Waals surface area contributed by atoms with Crippen molar-refractivity contribution in [3.05, 3.63) is 185 Å². The molecule has 6 aromatic rings. The number of thioether (sulfide) groups is 2. The summed E-state index contributed by atoms with van der Waals surface area (Å²) in [7, 11) is 0. The fourth-order valence-corrected chi connectivity index (χ4v) is 7.53. The van der Waals surface area contributed by atoms with Gasteiger partial charge in [-0.25, -0.2) is 14.6 Å². The van der Waals surface area contributed by atoms with Crippen LogP contribution in [0, 0.1) is 0 Å². The van der Waals surface area contributed by atoms with Crippen LogP contribution in [0.4, 0.5) is 0 Å². The number of nitrogens with zero attached hydrogens (tertiary/aromatic N) is 1. The lowest BCUT2D eigenvalue weighted by atomic mass is 10.2. The molecule has 2 atom stereocenters. The number of carbonyl (C=O) groups excluding carboxylic acids is 4. The Morgan fingerprint density at radius 3 is 1.40 bits per heavy atom. The van der Waals surface area contributed by atoms with Gasteiger partial charge in [-0.15, -0.1) is 0 Å². The second kappa shape index (κ2) is 21.3. The second-order valence-electron chi connectivity index (χ2n) is 12.8. The summed E-state index contributed by atoms with van der Waals surface area (Å²) in [5.74, 6) is 0.0247. The molecule has 10 nitrogen and oxygen atoms in total. The molecular formula is C45H41N3O7S2. The maximum atomic E-state index is 13.7. The van der Waals surface area contributed by atoms with Crippen LogP contribution in [-0.2, 0) is 43.8 Å². The molecule has 1 heterocycles. The molecule has 1 aromatic heterocycles. The highest BCUT2D eigenvalue weighted by atomic mass is 32.2. The van der Waals surface area contributed by atoms with Gasteiger partial charge in [0.15, 0.2) is 12.4 Å². The minimum atomic E-state index is -0.980. The monoisotopic (exact) mass is 799 g/mol. The Balaban J connectivity index is 1.15. The van der Waals surface area contributed by atoms with Crippen molar-refractivity contribution in [3.8, 4) is 11.5 Å². The molecule has 0 bridgehead atoms. The molecule has 6 rings (SSSR count). The third kappa shape index (κ3) is 12.4. The standard InChI is InChI=1S/C45H41N3O7S2/c49-41(34-20-10-3-11-21-34)46-38(30-56-28-32-16-6-1-7-17-32)44(51)53-26-37-40(55-43(48-37)36-24-14-5-15-25-36)27-54-45(52)39(31-57-29-33-18-8-2-9-19-33)47-42(50)35-22-12-4-13-23-35/h1-25,38-39H,26-31H2,(H,46,49)(H,47,50)/t38-,39-/m1/s1. The van der Waals surface area contributed by atoms with Crippen molar-refractivity contribution < 1.29 is 33.1 Å². The zero-order chi connectivity index (χ0) is 39.7. The van der Waals surface area contributed by atoms with Crippen LogP contribution in [0.2, 0.25) is 0 Å². The summed E-state index contributed by atoms with van der Waals surface area (Å²) in [6.45, 7) is -0.655. The van der Waals surface area contributed by atoms with Crippen molar-refractivity contribution in [2.45, 2.75) is 36.8 Å². The molecule has 0 aliphatic heterocycles. The molecule has 0 aliphatic rings. The fourth-order valence-electron chi connectivity index (χ4n) is 5.53. The van der Waals surface area contributed by atoms with E-state index in [1.807, 2.05) is 91.0 Å². The van der Waals surface area contributed by atoms with E-state index in [1.54, 1.807) is 60.7 Å². The van der Waals surface area contributed by atoms with Crippen LogP contribution >= 0.6 is 23.5 Å². The number of ether oxygens (including phenoxy) is 2. The average Bonchev–Trinajstić information content (AvgIpc) is 3.68. The molecule has 0 unspecified atom stereocenters. The predicted octanol–water partition coefficient (Wildman–Crippen LogP) is 7.89. The number of benzene rings is 5. The van der Waals surface area contributed by atoms with Gasteiger partial charge in [0.1, 0.15) is 24.4 Å². The van der Waals surface area contributed by atoms with Crippen LogP contribution < -0.4 is 10.6 Å². The molecule has 12 heteroatoms. The number of hydrogen-bond donors (Lipinski definition) is 2. The molecule has 57 heavy (non-hydrogen) atoms. The van der Waals surface area contributed by atoms with Gasteiger partial charge < -0.3 is 24.5 Å². The molecule has 0 saturated heterocycles. The SMILES string of the molecule is O=C(N[C@H](CSCc1ccccc1)C(=O)OCc1nc(-c2ccccc2)oc1COC(=O)[C@@H](CSCc1ccccc1)NC(=O)c1ccccc1)c1ccccc1. The maximum Gasteiger partial charge on any atom is 0.329 e. The Morgan fingerprint density at radius 1 is 0.544 bits per heavy atom. The van der Waals surface area contributed by atoms with Crippen molar-refractivity contribution in [2.24, 2.45) is 0 Å². The third-order valence-corrected chi connectivity index (χ3v) is 10.8. The summed E-state index contributed by atoms with van der Waals surface area (Å²) in [5.41, 5.74) is 3.88. The van der Waals surface area contributed by atoms with Gasteiger partial charge in [0, 0.05) is 39.7 Å². The number of hydrogen-bond acceptors (Lipinski definition) is 10. The van der Waals surface area contributed by atoms with Crippen LogP contribution in [0.25, 0.3) is 11.5 Å². The molecule has 290 valence electrons. The minimum Gasteiger partial charge on any atom is -0.457 e. The van der Waals surface area contributed by atoms with Gasteiger partial charge in [-0.1, -0.05) is 115 Å². The van der Waals surface area contributed by atoms with Crippen LogP contribution in [0.3, 0.4) is 0 Å². The average molecular weight is 800 g/mol. The van der Waals surface area contributed by atoms with E-state index in [2.05, 4.69) is 15.6 Å². The highest BCUT2D eigenvalue weighted by molar-refractivity contribution is 7.98. The van der Waals surface area contributed by atoms with Gasteiger partial charge in [0.25, 0.3) is 11.8 Å². The summed E-state index contributed by atoms with van der Waals surface area (Å²) in [6, 6.07) is 44.1. The van der Waals surface area contributed by atoms with Crippen LogP contribution in [0.1, 0.15) is 43.3 Å². The zero-order valence-corrected chi connectivity index (χ0v) is 32.6. The van der Waals surface area contributed by atoms with Gasteiger partial charge in [-0.3, -0.25) is 9.59 Å². The van der Waals surface area contributed by atoms with Crippen molar-refractivity contribution >= 4 is 47.3 Å². The lowest BCUT2D eigenvalue weighted by molar-refractivity contribution is -0.148. The molecule has 2 N–H and O–H groups in total. The first-order valence-corrected chi connectivity index (χ1v) is 20.6. The third-order valence-electron chi connectivity index (χ3n) is 8.54. The van der Waals surface area contributed by atoms with Gasteiger partial charge >= 0.3 is 11.9 Å². The van der Waals surface area contributed by atoms with E-state index >= 15 is 0 Å². The van der Waals surface area contributed by atoms with E-state index < -0.39 is 35.8 Å². The summed E-state index contributed by atoms with van der Waals surface area (Å²) >= 11 is 2.97. The largest absolute Gasteiger partial charge is 0.457 e. The Morgan fingerprint density at radius 2 is 0.947 bits per heavy atom. The van der Waals surface area contributed by atoms with Crippen molar-refractivity contribution in [3.63, 3.8) is 0 Å². The Kier molecular flexibility index (Phi) is 15.1. The van der Waals surface area contributed by atoms with E-state index in [0.717, 1.165) is 11.1 Å². The number of carbonyl (C=O) groups is 4. The molecule has 0 radical (unpaired) electrons. The number of aromatic nitrogens is 1. The summed E-state index contributed by atoms with van der Waals surface area (Å²) in [6.07, 6.45) is 0. The summed E-state index contributed by atoms with van der Waals surface area (Å²) in [4.78, 5) is 58.2. The number of esters is 2. The molecule has 0 fully saturated rings. The maximum absolute atomic E-state index is 13.7. The molecular weight excluding hydrogens is 759 g/mol. The molecule has 0 aliphatic carbocycles. The van der Waals surface area contributed by atoms with Crippen LogP contribution in [0.5, 0.6) is 0 Å². The molecule has 0 saturated carbocycles. The Hall–Kier alpha value is -6.11. The van der Waals surface area contributed by atoms with Crippen LogP contribution in [0.15, 0.2) is 156 Å². The first kappa shape index (κ1) is 40.6. The quantitative estimate of drug-likeness (QED) is 0.0779.